The summed E-state index contributed by atoms with van der Waals surface area (Å²) >= 11 is 0. The van der Waals surface area contributed by atoms with E-state index in [1.165, 1.54) is 0 Å². The minimum atomic E-state index is -0.572. The molecule has 3 aromatic carbocycles. The summed E-state index contributed by atoms with van der Waals surface area (Å²) in [4.78, 5) is 32.4. The first-order chi connectivity index (χ1) is 15.6. The molecule has 32 heavy (non-hydrogen) atoms. The number of H-pyrrole nitrogens is 1. The molecular formula is C27H23N3O2. The van der Waals surface area contributed by atoms with Gasteiger partial charge in [-0.1, -0.05) is 66.7 Å². The maximum atomic E-state index is 13.6. The molecule has 3 atom stereocenters. The maximum absolute atomic E-state index is 13.6. The Bertz CT molecular complexity index is 1360. The first kappa shape index (κ1) is 18.9. The van der Waals surface area contributed by atoms with Crippen LogP contribution in [0.5, 0.6) is 0 Å². The van der Waals surface area contributed by atoms with Crippen LogP contribution in [0.4, 0.5) is 0 Å². The summed E-state index contributed by atoms with van der Waals surface area (Å²) in [7, 11) is 0. The largest absolute Gasteiger partial charge is 0.356 e. The number of hydrogen-bond acceptors (Lipinski definition) is 2. The zero-order valence-electron chi connectivity index (χ0n) is 17.7. The molecule has 0 radical (unpaired) electrons. The van der Waals surface area contributed by atoms with E-state index in [4.69, 9.17) is 0 Å². The molecule has 2 N–H and O–H groups in total. The molecule has 0 aliphatic carbocycles. The molecule has 4 aromatic rings. The van der Waals surface area contributed by atoms with Crippen LogP contribution in [-0.4, -0.2) is 27.7 Å². The normalized spacial score (nSPS) is 19.9. The van der Waals surface area contributed by atoms with E-state index >= 15 is 0 Å². The zero-order chi connectivity index (χ0) is 21.8. The number of nitrogens with one attached hydrogen (secondary N) is 2. The molecule has 2 amide bonds. The Hall–Kier alpha value is -3.86. The zero-order valence-corrected chi connectivity index (χ0v) is 17.7. The van der Waals surface area contributed by atoms with Gasteiger partial charge in [0.15, 0.2) is 0 Å². The second-order valence-electron chi connectivity index (χ2n) is 8.63. The van der Waals surface area contributed by atoms with Gasteiger partial charge in [0.1, 0.15) is 6.04 Å². The molecular weight excluding hydrogens is 398 g/mol. The molecule has 2 aliphatic rings. The number of aromatic amines is 1. The summed E-state index contributed by atoms with van der Waals surface area (Å²) in [5.74, 6) is -0.203. The van der Waals surface area contributed by atoms with E-state index in [0.717, 1.165) is 33.3 Å². The lowest BCUT2D eigenvalue weighted by Gasteiger charge is -2.37. The molecule has 158 valence electrons. The van der Waals surface area contributed by atoms with Gasteiger partial charge in [0.25, 0.3) is 5.91 Å². The predicted octanol–water partition coefficient (Wildman–Crippen LogP) is 4.52. The summed E-state index contributed by atoms with van der Waals surface area (Å²) in [5, 5.41) is 4.27. The van der Waals surface area contributed by atoms with Crippen LogP contribution < -0.4 is 5.32 Å². The van der Waals surface area contributed by atoms with E-state index in [0.29, 0.717) is 12.0 Å². The molecule has 1 aromatic heterocycles. The van der Waals surface area contributed by atoms with Crippen molar-refractivity contribution in [3.63, 3.8) is 0 Å². The third-order valence-corrected chi connectivity index (χ3v) is 6.81. The van der Waals surface area contributed by atoms with E-state index < -0.39 is 6.04 Å². The van der Waals surface area contributed by atoms with Crippen LogP contribution in [0.25, 0.3) is 10.9 Å². The van der Waals surface area contributed by atoms with Crippen LogP contribution in [0.15, 0.2) is 78.9 Å². The SMILES string of the molecule is CC(NC(=O)C1Cc2c([nH]c3ccccc23)C2c3ccccc3C(=O)N12)c1ccccc1. The average molecular weight is 422 g/mol. The Balaban J connectivity index is 1.44. The van der Waals surface area contributed by atoms with Crippen molar-refractivity contribution in [1.82, 2.24) is 15.2 Å². The lowest BCUT2D eigenvalue weighted by Crippen LogP contribution is -2.52. The Morgan fingerprint density at radius 2 is 1.72 bits per heavy atom. The van der Waals surface area contributed by atoms with Crippen LogP contribution in [0, 0.1) is 0 Å². The van der Waals surface area contributed by atoms with Crippen molar-refractivity contribution in [2.45, 2.75) is 31.5 Å². The number of amides is 2. The van der Waals surface area contributed by atoms with Crippen LogP contribution in [0.1, 0.15) is 51.7 Å². The van der Waals surface area contributed by atoms with Gasteiger partial charge in [0, 0.05) is 28.6 Å². The molecule has 0 bridgehead atoms. The minimum absolute atomic E-state index is 0.0811. The quantitative estimate of drug-likeness (QED) is 0.511. The molecule has 3 unspecified atom stereocenters. The van der Waals surface area contributed by atoms with Crippen LogP contribution in [0.3, 0.4) is 0 Å². The van der Waals surface area contributed by atoms with E-state index in [1.54, 1.807) is 4.90 Å². The first-order valence-corrected chi connectivity index (χ1v) is 11.0. The smallest absolute Gasteiger partial charge is 0.255 e. The van der Waals surface area contributed by atoms with Crippen LogP contribution in [-0.2, 0) is 11.2 Å². The van der Waals surface area contributed by atoms with Crippen LogP contribution >= 0.6 is 0 Å². The van der Waals surface area contributed by atoms with Gasteiger partial charge in [-0.2, -0.15) is 0 Å². The number of carbonyl (C=O) groups is 2. The van der Waals surface area contributed by atoms with Crippen molar-refractivity contribution in [3.8, 4) is 0 Å². The second kappa shape index (κ2) is 7.09. The van der Waals surface area contributed by atoms with Gasteiger partial charge in [-0.25, -0.2) is 0 Å². The van der Waals surface area contributed by atoms with Gasteiger partial charge in [-0.05, 0) is 35.7 Å². The topological polar surface area (TPSA) is 65.2 Å². The lowest BCUT2D eigenvalue weighted by molar-refractivity contribution is -0.127. The molecule has 6 rings (SSSR count). The first-order valence-electron chi connectivity index (χ1n) is 11.0. The summed E-state index contributed by atoms with van der Waals surface area (Å²) in [5.41, 5.74) is 5.85. The highest BCUT2D eigenvalue weighted by Gasteiger charge is 2.48. The Morgan fingerprint density at radius 3 is 2.56 bits per heavy atom. The second-order valence-corrected chi connectivity index (χ2v) is 8.63. The van der Waals surface area contributed by atoms with Gasteiger partial charge < -0.3 is 15.2 Å². The van der Waals surface area contributed by atoms with Crippen molar-refractivity contribution in [3.05, 3.63) is 107 Å². The Morgan fingerprint density at radius 1 is 1.00 bits per heavy atom. The maximum Gasteiger partial charge on any atom is 0.255 e. The average Bonchev–Trinajstić information content (AvgIpc) is 3.35. The number of benzene rings is 3. The third kappa shape index (κ3) is 2.71. The van der Waals surface area contributed by atoms with E-state index in [1.807, 2.05) is 79.7 Å². The van der Waals surface area contributed by atoms with Crippen molar-refractivity contribution in [2.24, 2.45) is 0 Å². The minimum Gasteiger partial charge on any atom is -0.356 e. The summed E-state index contributed by atoms with van der Waals surface area (Å²) in [6.07, 6.45) is 0.489. The number of carbonyl (C=O) groups excluding carboxylic acids is 2. The van der Waals surface area contributed by atoms with Gasteiger partial charge in [0.2, 0.25) is 5.91 Å². The lowest BCUT2D eigenvalue weighted by atomic mass is 9.89. The number of para-hydroxylation sites is 1. The van der Waals surface area contributed by atoms with Gasteiger partial charge in [-0.15, -0.1) is 0 Å². The summed E-state index contributed by atoms with van der Waals surface area (Å²) < 4.78 is 0. The third-order valence-electron chi connectivity index (χ3n) is 6.81. The Labute approximate surface area is 186 Å². The van der Waals surface area contributed by atoms with Gasteiger partial charge in [-0.3, -0.25) is 9.59 Å². The standard InChI is InChI=1S/C27H23N3O2/c1-16(17-9-3-2-4-10-17)28-26(31)23-15-21-18-11-7-8-14-22(18)29-24(21)25-19-12-5-6-13-20(19)27(32)30(23)25/h2-14,16,23,25,29H,15H2,1H3,(H,28,31). The molecule has 0 spiro atoms. The predicted molar refractivity (Wildman–Crippen MR) is 123 cm³/mol. The highest BCUT2D eigenvalue weighted by Crippen LogP contribution is 2.46. The number of nitrogens with zero attached hydrogens (tertiary/aromatic N) is 1. The molecule has 5 heteroatoms. The fourth-order valence-corrected chi connectivity index (χ4v) is 5.27. The molecule has 3 heterocycles. The Kier molecular flexibility index (Phi) is 4.18. The fraction of sp³-hybridized carbons (Fsp3) is 0.185. The number of rotatable bonds is 3. The van der Waals surface area contributed by atoms with E-state index in [2.05, 4.69) is 16.4 Å². The van der Waals surface area contributed by atoms with Crippen molar-refractivity contribution in [2.75, 3.05) is 0 Å². The van der Waals surface area contributed by atoms with Crippen molar-refractivity contribution in [1.29, 1.82) is 0 Å². The molecule has 0 fully saturated rings. The van der Waals surface area contributed by atoms with Gasteiger partial charge in [0.05, 0.1) is 12.1 Å². The monoisotopic (exact) mass is 421 g/mol. The van der Waals surface area contributed by atoms with Crippen molar-refractivity contribution >= 4 is 22.7 Å². The highest BCUT2D eigenvalue weighted by atomic mass is 16.2. The van der Waals surface area contributed by atoms with E-state index in [-0.39, 0.29) is 23.9 Å². The molecule has 0 saturated carbocycles. The van der Waals surface area contributed by atoms with Gasteiger partial charge >= 0.3 is 0 Å². The number of hydrogen-bond donors (Lipinski definition) is 2. The van der Waals surface area contributed by atoms with Crippen molar-refractivity contribution < 1.29 is 9.59 Å². The fourth-order valence-electron chi connectivity index (χ4n) is 5.27. The highest BCUT2D eigenvalue weighted by molar-refractivity contribution is 6.03. The molecule has 5 nitrogen and oxygen atoms in total. The summed E-state index contributed by atoms with van der Waals surface area (Å²) in [6.45, 7) is 1.98. The number of fused-ring (bicyclic) bond motifs is 7. The number of aromatic nitrogens is 1. The van der Waals surface area contributed by atoms with E-state index in [9.17, 15) is 9.59 Å². The molecule has 2 aliphatic heterocycles. The summed E-state index contributed by atoms with van der Waals surface area (Å²) in [6, 6.07) is 24.8. The van der Waals surface area contributed by atoms with Crippen LogP contribution in [0.2, 0.25) is 0 Å². The molecule has 0 saturated heterocycles.